The van der Waals surface area contributed by atoms with Crippen LogP contribution in [0.4, 0.5) is 0 Å². The Balaban J connectivity index is 2.46. The summed E-state index contributed by atoms with van der Waals surface area (Å²) in [5, 5.41) is 8.79. The van der Waals surface area contributed by atoms with Crippen molar-refractivity contribution >= 4 is 23.9 Å². The second-order valence-corrected chi connectivity index (χ2v) is 3.56. The Hall–Kier alpha value is -3.16. The summed E-state index contributed by atoms with van der Waals surface area (Å²) in [7, 11) is 0. The Bertz CT molecular complexity index is 643. The van der Waals surface area contributed by atoms with Gasteiger partial charge in [0, 0.05) is 0 Å². The number of carbonyl (C=O) groups is 4. The van der Waals surface area contributed by atoms with Gasteiger partial charge in [-0.2, -0.15) is 0 Å². The summed E-state index contributed by atoms with van der Waals surface area (Å²) in [6.07, 6.45) is 0.376. The number of benzene rings is 1. The van der Waals surface area contributed by atoms with Gasteiger partial charge in [0.05, 0.1) is 17.2 Å². The second kappa shape index (κ2) is 5.22. The minimum Gasteiger partial charge on any atom is -0.475 e. The number of carbonyl (C=O) groups excluding carboxylic acids is 3. The van der Waals surface area contributed by atoms with Crippen molar-refractivity contribution in [2.75, 3.05) is 0 Å². The van der Waals surface area contributed by atoms with Crippen molar-refractivity contribution in [2.24, 2.45) is 0 Å². The SMILES string of the molecule is O=C1/C=C(\C(=O)O)OC(=O)c2cccc(c2)C(=O)OO1. The molecule has 102 valence electrons. The monoisotopic (exact) mass is 278 g/mol. The summed E-state index contributed by atoms with van der Waals surface area (Å²) in [6, 6.07) is 5.09. The predicted octanol–water partition coefficient (Wildman–Crippen LogP) is 0.440. The highest BCUT2D eigenvalue weighted by Crippen LogP contribution is 2.12. The Labute approximate surface area is 111 Å². The van der Waals surface area contributed by atoms with E-state index in [1.807, 2.05) is 0 Å². The number of carboxylic acid groups (broad SMARTS) is 1. The fourth-order valence-electron chi connectivity index (χ4n) is 1.32. The van der Waals surface area contributed by atoms with Crippen LogP contribution in [0.3, 0.4) is 0 Å². The van der Waals surface area contributed by atoms with Gasteiger partial charge in [-0.05, 0) is 18.2 Å². The summed E-state index contributed by atoms with van der Waals surface area (Å²) in [5.74, 6) is -5.97. The van der Waals surface area contributed by atoms with Crippen molar-refractivity contribution in [3.05, 3.63) is 47.2 Å². The van der Waals surface area contributed by atoms with Crippen LogP contribution in [0.2, 0.25) is 0 Å². The van der Waals surface area contributed by atoms with E-state index in [1.54, 1.807) is 0 Å². The lowest BCUT2D eigenvalue weighted by atomic mass is 10.1. The standard InChI is InChI=1S/C12H6O8/c13-9-5-8(10(14)15)18-11(16)6-2-1-3-7(4-6)12(17)20-19-9/h1-5H,(H,14,15)/b8-5+. The van der Waals surface area contributed by atoms with Crippen molar-refractivity contribution in [3.8, 4) is 0 Å². The minimum atomic E-state index is -1.66. The number of rotatable bonds is 1. The zero-order chi connectivity index (χ0) is 14.7. The third-order valence-corrected chi connectivity index (χ3v) is 2.20. The molecule has 0 spiro atoms. The molecule has 2 bridgehead atoms. The van der Waals surface area contributed by atoms with Crippen LogP contribution in [0, 0.1) is 0 Å². The third-order valence-electron chi connectivity index (χ3n) is 2.20. The normalized spacial score (nSPS) is 17.8. The highest BCUT2D eigenvalue weighted by molar-refractivity contribution is 6.00. The van der Waals surface area contributed by atoms with Crippen molar-refractivity contribution in [1.29, 1.82) is 0 Å². The highest BCUT2D eigenvalue weighted by Gasteiger charge is 2.22. The average molecular weight is 278 g/mol. The van der Waals surface area contributed by atoms with Crippen LogP contribution in [0.5, 0.6) is 0 Å². The van der Waals surface area contributed by atoms with Gasteiger partial charge < -0.3 is 9.84 Å². The van der Waals surface area contributed by atoms with Crippen LogP contribution in [0.15, 0.2) is 36.1 Å². The summed E-state index contributed by atoms with van der Waals surface area (Å²) < 4.78 is 4.54. The molecule has 0 aromatic heterocycles. The van der Waals surface area contributed by atoms with E-state index in [-0.39, 0.29) is 11.1 Å². The minimum absolute atomic E-state index is 0.0639. The fraction of sp³-hybridized carbons (Fsp3) is 0. The molecule has 1 heterocycles. The Morgan fingerprint density at radius 1 is 1.00 bits per heavy atom. The van der Waals surface area contributed by atoms with Gasteiger partial charge in [0.2, 0.25) is 5.76 Å². The van der Waals surface area contributed by atoms with Crippen molar-refractivity contribution in [2.45, 2.75) is 0 Å². The molecule has 0 radical (unpaired) electrons. The summed E-state index contributed by atoms with van der Waals surface area (Å²) in [5.41, 5.74) is -0.146. The molecular formula is C12H6O8. The molecule has 0 fully saturated rings. The van der Waals surface area contributed by atoms with Gasteiger partial charge in [0.15, 0.2) is 0 Å². The maximum atomic E-state index is 11.7. The molecule has 2 rings (SSSR count). The largest absolute Gasteiger partial charge is 0.475 e. The van der Waals surface area contributed by atoms with E-state index in [0.717, 1.165) is 6.07 Å². The predicted molar refractivity (Wildman–Crippen MR) is 59.1 cm³/mol. The zero-order valence-corrected chi connectivity index (χ0v) is 9.69. The quantitative estimate of drug-likeness (QED) is 0.581. The van der Waals surface area contributed by atoms with Gasteiger partial charge in [0.25, 0.3) is 0 Å². The maximum absolute atomic E-state index is 11.7. The number of cyclic esters (lactones) is 1. The topological polar surface area (TPSA) is 116 Å². The van der Waals surface area contributed by atoms with Crippen LogP contribution >= 0.6 is 0 Å². The molecule has 1 aromatic rings. The van der Waals surface area contributed by atoms with E-state index < -0.39 is 29.6 Å². The molecule has 1 aromatic carbocycles. The molecule has 1 aliphatic heterocycles. The third kappa shape index (κ3) is 2.80. The van der Waals surface area contributed by atoms with Crippen LogP contribution in [-0.4, -0.2) is 29.0 Å². The number of hydrogen-bond acceptors (Lipinski definition) is 7. The first-order valence-corrected chi connectivity index (χ1v) is 5.17. The van der Waals surface area contributed by atoms with Crippen LogP contribution < -0.4 is 0 Å². The number of fused-ring (bicyclic) bond motifs is 2. The van der Waals surface area contributed by atoms with Gasteiger partial charge in [-0.3, -0.25) is 0 Å². The Kier molecular flexibility index (Phi) is 3.47. The first kappa shape index (κ1) is 13.3. The molecule has 8 heteroatoms. The molecule has 0 unspecified atom stereocenters. The molecule has 0 saturated carbocycles. The van der Waals surface area contributed by atoms with Gasteiger partial charge in [-0.25, -0.2) is 29.0 Å². The number of ether oxygens (including phenoxy) is 1. The lowest BCUT2D eigenvalue weighted by Gasteiger charge is -2.03. The first-order valence-electron chi connectivity index (χ1n) is 5.17. The molecule has 1 N–H and O–H groups in total. The zero-order valence-electron chi connectivity index (χ0n) is 9.69. The summed E-state index contributed by atoms with van der Waals surface area (Å²) >= 11 is 0. The summed E-state index contributed by atoms with van der Waals surface area (Å²) in [4.78, 5) is 53.5. The lowest BCUT2D eigenvalue weighted by molar-refractivity contribution is -0.228. The van der Waals surface area contributed by atoms with E-state index in [4.69, 9.17) is 5.11 Å². The lowest BCUT2D eigenvalue weighted by Crippen LogP contribution is -2.13. The Morgan fingerprint density at radius 2 is 1.65 bits per heavy atom. The average Bonchev–Trinajstić information content (AvgIpc) is 2.44. The molecule has 1 aliphatic rings. The molecule has 0 saturated heterocycles. The van der Waals surface area contributed by atoms with E-state index in [9.17, 15) is 19.2 Å². The molecule has 0 aliphatic carbocycles. The molecule has 8 nitrogen and oxygen atoms in total. The molecular weight excluding hydrogens is 272 g/mol. The van der Waals surface area contributed by atoms with Gasteiger partial charge >= 0.3 is 23.9 Å². The van der Waals surface area contributed by atoms with Gasteiger partial charge in [0.1, 0.15) is 0 Å². The highest BCUT2D eigenvalue weighted by atomic mass is 17.2. The fourth-order valence-corrected chi connectivity index (χ4v) is 1.32. The molecule has 0 atom stereocenters. The van der Waals surface area contributed by atoms with E-state index in [2.05, 4.69) is 14.5 Å². The number of esters is 1. The molecule has 20 heavy (non-hydrogen) atoms. The molecule has 0 amide bonds. The maximum Gasteiger partial charge on any atom is 0.386 e. The first-order chi connectivity index (χ1) is 9.47. The van der Waals surface area contributed by atoms with Crippen LogP contribution in [-0.2, 0) is 24.1 Å². The van der Waals surface area contributed by atoms with Crippen molar-refractivity contribution in [3.63, 3.8) is 0 Å². The van der Waals surface area contributed by atoms with E-state index in [1.165, 1.54) is 18.2 Å². The van der Waals surface area contributed by atoms with Crippen LogP contribution in [0.25, 0.3) is 0 Å². The number of hydrogen-bond donors (Lipinski definition) is 1. The van der Waals surface area contributed by atoms with Crippen molar-refractivity contribution in [1.82, 2.24) is 0 Å². The second-order valence-electron chi connectivity index (χ2n) is 3.56. The van der Waals surface area contributed by atoms with Gasteiger partial charge in [-0.15, -0.1) is 0 Å². The van der Waals surface area contributed by atoms with Gasteiger partial charge in [-0.1, -0.05) is 6.07 Å². The number of carboxylic acids is 1. The number of aliphatic carboxylic acids is 1. The Morgan fingerprint density at radius 3 is 2.30 bits per heavy atom. The van der Waals surface area contributed by atoms with Crippen LogP contribution in [0.1, 0.15) is 20.7 Å². The summed E-state index contributed by atoms with van der Waals surface area (Å²) in [6.45, 7) is 0. The van der Waals surface area contributed by atoms with Crippen molar-refractivity contribution < 1.29 is 38.8 Å². The van der Waals surface area contributed by atoms with E-state index >= 15 is 0 Å². The smallest absolute Gasteiger partial charge is 0.386 e. The van der Waals surface area contributed by atoms with E-state index in [0.29, 0.717) is 6.08 Å².